The predicted molar refractivity (Wildman–Crippen MR) is 113 cm³/mol. The van der Waals surface area contributed by atoms with Crippen molar-refractivity contribution in [1.29, 1.82) is 0 Å². The van der Waals surface area contributed by atoms with Crippen LogP contribution >= 0.6 is 0 Å². The van der Waals surface area contributed by atoms with Crippen molar-refractivity contribution in [2.45, 2.75) is 25.3 Å². The highest BCUT2D eigenvalue weighted by atomic mass is 16.5. The standard InChI is InChI=1S/C21H29N7O/c1-21(12-19(23-13-24-21)28-6-8-29-9-7-28)20-16-11-15(4-5-17(16)26-27-20)18(25-22)10-14-2-3-14/h4-5,10-12,14,23-25H,2-3,6-9,13,22H2,1H3,(H,26,27)/b18-10-. The van der Waals surface area contributed by atoms with Crippen LogP contribution in [0.3, 0.4) is 0 Å². The number of H-pyrrole nitrogens is 1. The van der Waals surface area contributed by atoms with Crippen LogP contribution in [0.4, 0.5) is 0 Å². The van der Waals surface area contributed by atoms with Gasteiger partial charge in [-0.05, 0) is 49.5 Å². The van der Waals surface area contributed by atoms with Gasteiger partial charge in [0.2, 0.25) is 0 Å². The van der Waals surface area contributed by atoms with Crippen molar-refractivity contribution in [1.82, 2.24) is 31.2 Å². The van der Waals surface area contributed by atoms with Gasteiger partial charge < -0.3 is 20.4 Å². The van der Waals surface area contributed by atoms with Crippen molar-refractivity contribution >= 4 is 16.6 Å². The molecule has 154 valence electrons. The van der Waals surface area contributed by atoms with E-state index in [4.69, 9.17) is 10.6 Å². The number of nitrogens with zero attached hydrogens (tertiary/aromatic N) is 2. The molecule has 2 aromatic rings. The normalized spacial score (nSPS) is 25.7. The van der Waals surface area contributed by atoms with E-state index in [-0.39, 0.29) is 5.54 Å². The lowest BCUT2D eigenvalue weighted by Gasteiger charge is -2.39. The van der Waals surface area contributed by atoms with E-state index >= 15 is 0 Å². The van der Waals surface area contributed by atoms with Crippen molar-refractivity contribution in [2.75, 3.05) is 33.0 Å². The van der Waals surface area contributed by atoms with Crippen molar-refractivity contribution in [3.8, 4) is 0 Å². The minimum Gasteiger partial charge on any atom is -0.378 e. The Labute approximate surface area is 170 Å². The third kappa shape index (κ3) is 3.59. The van der Waals surface area contributed by atoms with Crippen LogP contribution < -0.4 is 21.9 Å². The van der Waals surface area contributed by atoms with Crippen molar-refractivity contribution in [2.24, 2.45) is 11.8 Å². The third-order valence-electron chi connectivity index (χ3n) is 6.07. The maximum Gasteiger partial charge on any atom is 0.101 e. The molecular formula is C21H29N7O. The Hall–Kier alpha value is -2.55. The maximum atomic E-state index is 5.82. The molecule has 0 spiro atoms. The Kier molecular flexibility index (Phi) is 4.69. The fraction of sp³-hybridized carbons (Fsp3) is 0.476. The summed E-state index contributed by atoms with van der Waals surface area (Å²) in [5.41, 5.74) is 6.60. The maximum absolute atomic E-state index is 5.82. The number of hydrogen-bond acceptors (Lipinski definition) is 7. The van der Waals surface area contributed by atoms with Crippen LogP contribution in [-0.2, 0) is 10.3 Å². The van der Waals surface area contributed by atoms with Gasteiger partial charge in [-0.15, -0.1) is 0 Å². The Bertz CT molecular complexity index is 955. The lowest BCUT2D eigenvalue weighted by atomic mass is 9.92. The first-order valence-corrected chi connectivity index (χ1v) is 10.4. The summed E-state index contributed by atoms with van der Waals surface area (Å²) in [6, 6.07) is 6.31. The summed E-state index contributed by atoms with van der Waals surface area (Å²) < 4.78 is 5.50. The molecule has 6 N–H and O–H groups in total. The molecule has 3 aliphatic rings. The first-order chi connectivity index (χ1) is 14.2. The molecule has 1 aromatic carbocycles. The van der Waals surface area contributed by atoms with Gasteiger partial charge in [0, 0.05) is 18.5 Å². The largest absolute Gasteiger partial charge is 0.378 e. The fourth-order valence-electron chi connectivity index (χ4n) is 4.16. The molecule has 29 heavy (non-hydrogen) atoms. The second kappa shape index (κ2) is 7.37. The van der Waals surface area contributed by atoms with Crippen LogP contribution in [0, 0.1) is 5.92 Å². The quantitative estimate of drug-likeness (QED) is 0.384. The third-order valence-corrected chi connectivity index (χ3v) is 6.07. The number of rotatable bonds is 5. The summed E-state index contributed by atoms with van der Waals surface area (Å²) in [7, 11) is 0. The highest BCUT2D eigenvalue weighted by Crippen LogP contribution is 2.35. The van der Waals surface area contributed by atoms with E-state index in [1.807, 2.05) is 0 Å². The summed E-state index contributed by atoms with van der Waals surface area (Å²) in [6.07, 6.45) is 6.98. The zero-order valence-corrected chi connectivity index (χ0v) is 16.8. The summed E-state index contributed by atoms with van der Waals surface area (Å²) in [5.74, 6) is 7.61. The van der Waals surface area contributed by atoms with E-state index in [0.717, 1.165) is 60.0 Å². The number of morpholine rings is 1. The van der Waals surface area contributed by atoms with Crippen molar-refractivity contribution in [3.05, 3.63) is 47.4 Å². The van der Waals surface area contributed by atoms with E-state index < -0.39 is 0 Å². The number of fused-ring (bicyclic) bond motifs is 1. The predicted octanol–water partition coefficient (Wildman–Crippen LogP) is 1.32. The second-order valence-electron chi connectivity index (χ2n) is 8.25. The fourth-order valence-corrected chi connectivity index (χ4v) is 4.16. The minimum atomic E-state index is -0.358. The molecule has 0 bridgehead atoms. The average molecular weight is 396 g/mol. The zero-order valence-electron chi connectivity index (χ0n) is 16.8. The molecule has 1 saturated heterocycles. The number of nitrogens with one attached hydrogen (secondary N) is 4. The number of benzene rings is 1. The van der Waals surface area contributed by atoms with E-state index in [1.165, 1.54) is 12.8 Å². The van der Waals surface area contributed by atoms with Crippen LogP contribution in [0.2, 0.25) is 0 Å². The SMILES string of the molecule is CC1(c2[nH]nc3ccc(/C(=C/C4CC4)NN)cc23)C=C(N2CCOCC2)NCN1. The van der Waals surface area contributed by atoms with Crippen LogP contribution in [0.15, 0.2) is 36.2 Å². The highest BCUT2D eigenvalue weighted by Gasteiger charge is 2.33. The monoisotopic (exact) mass is 395 g/mol. The molecule has 2 aliphatic heterocycles. The average Bonchev–Trinajstić information content (AvgIpc) is 3.47. The van der Waals surface area contributed by atoms with Gasteiger partial charge in [0.1, 0.15) is 5.82 Å². The molecule has 5 rings (SSSR count). The van der Waals surface area contributed by atoms with Gasteiger partial charge in [-0.3, -0.25) is 16.3 Å². The summed E-state index contributed by atoms with van der Waals surface area (Å²) in [5, 5.41) is 16.0. The second-order valence-corrected chi connectivity index (χ2v) is 8.25. The molecule has 3 heterocycles. The molecule has 1 saturated carbocycles. The van der Waals surface area contributed by atoms with Crippen LogP contribution in [0.25, 0.3) is 16.6 Å². The van der Waals surface area contributed by atoms with Gasteiger partial charge in [-0.2, -0.15) is 5.10 Å². The number of aromatic nitrogens is 2. The van der Waals surface area contributed by atoms with Gasteiger partial charge in [0.15, 0.2) is 0 Å². The van der Waals surface area contributed by atoms with Gasteiger partial charge in [0.05, 0.1) is 42.3 Å². The Morgan fingerprint density at radius 3 is 2.93 bits per heavy atom. The first-order valence-electron chi connectivity index (χ1n) is 10.4. The number of nitrogens with two attached hydrogens (primary N) is 1. The van der Waals surface area contributed by atoms with Crippen LogP contribution in [0.5, 0.6) is 0 Å². The number of ether oxygens (including phenoxy) is 1. The minimum absolute atomic E-state index is 0.358. The lowest BCUT2D eigenvalue weighted by molar-refractivity contribution is 0.0482. The summed E-state index contributed by atoms with van der Waals surface area (Å²) in [4.78, 5) is 2.35. The van der Waals surface area contributed by atoms with E-state index in [0.29, 0.717) is 12.6 Å². The van der Waals surface area contributed by atoms with Crippen molar-refractivity contribution < 1.29 is 4.74 Å². The molecule has 1 atom stereocenters. The number of hydrogen-bond donors (Lipinski definition) is 5. The molecular weight excluding hydrogens is 366 g/mol. The van der Waals surface area contributed by atoms with Crippen LogP contribution in [0.1, 0.15) is 31.0 Å². The van der Waals surface area contributed by atoms with E-state index in [1.54, 1.807) is 0 Å². The van der Waals surface area contributed by atoms with Gasteiger partial charge in [0.25, 0.3) is 0 Å². The lowest BCUT2D eigenvalue weighted by Crippen LogP contribution is -2.52. The van der Waals surface area contributed by atoms with Crippen molar-refractivity contribution in [3.63, 3.8) is 0 Å². The molecule has 2 fully saturated rings. The zero-order chi connectivity index (χ0) is 19.8. The Morgan fingerprint density at radius 1 is 1.34 bits per heavy atom. The highest BCUT2D eigenvalue weighted by molar-refractivity contribution is 5.86. The smallest absolute Gasteiger partial charge is 0.101 e. The van der Waals surface area contributed by atoms with E-state index in [9.17, 15) is 0 Å². The first kappa shape index (κ1) is 18.5. The molecule has 8 nitrogen and oxygen atoms in total. The molecule has 0 radical (unpaired) electrons. The van der Waals surface area contributed by atoms with E-state index in [2.05, 4.69) is 68.4 Å². The number of aromatic amines is 1. The number of allylic oxidation sites excluding steroid dienone is 1. The summed E-state index contributed by atoms with van der Waals surface area (Å²) >= 11 is 0. The van der Waals surface area contributed by atoms with Gasteiger partial charge >= 0.3 is 0 Å². The molecule has 8 heteroatoms. The number of hydrazine groups is 1. The summed E-state index contributed by atoms with van der Waals surface area (Å²) in [6.45, 7) is 6.22. The molecule has 0 amide bonds. The van der Waals surface area contributed by atoms with Gasteiger partial charge in [-0.1, -0.05) is 12.1 Å². The topological polar surface area (TPSA) is 103 Å². The van der Waals surface area contributed by atoms with Crippen LogP contribution in [-0.4, -0.2) is 48.1 Å². The molecule has 1 aliphatic carbocycles. The Morgan fingerprint density at radius 2 is 2.17 bits per heavy atom. The molecule has 1 unspecified atom stereocenters. The Balaban J connectivity index is 1.52. The van der Waals surface area contributed by atoms with Gasteiger partial charge in [-0.25, -0.2) is 0 Å². The molecule has 1 aromatic heterocycles.